The number of nitrogens with one attached hydrogen (secondary N) is 2. The van der Waals surface area contributed by atoms with Crippen molar-refractivity contribution in [3.63, 3.8) is 0 Å². The van der Waals surface area contributed by atoms with Crippen LogP contribution < -0.4 is 10.0 Å². The smallest absolute Gasteiger partial charge is 0.257 e. The Hall–Kier alpha value is -0.960. The summed E-state index contributed by atoms with van der Waals surface area (Å²) in [4.78, 5) is 0. The molecule has 1 unspecified atom stereocenters. The summed E-state index contributed by atoms with van der Waals surface area (Å²) >= 11 is 0. The van der Waals surface area contributed by atoms with E-state index in [2.05, 4.69) is 15.1 Å². The second-order valence-electron chi connectivity index (χ2n) is 5.05. The molecule has 1 aromatic heterocycles. The minimum atomic E-state index is -3.55. The first-order chi connectivity index (χ1) is 9.53. The second-order valence-corrected chi connectivity index (χ2v) is 6.77. The first kappa shape index (κ1) is 15.4. The molecule has 1 aromatic rings. The number of sulfonamides is 1. The largest absolute Gasteiger partial charge is 0.383 e. The Balaban J connectivity index is 2.09. The lowest BCUT2D eigenvalue weighted by Gasteiger charge is -2.28. The van der Waals surface area contributed by atoms with Gasteiger partial charge in [-0.3, -0.25) is 4.68 Å². The van der Waals surface area contributed by atoms with E-state index in [0.717, 1.165) is 19.4 Å². The van der Waals surface area contributed by atoms with Gasteiger partial charge in [0.1, 0.15) is 0 Å². The molecular weight excluding hydrogens is 280 g/mol. The van der Waals surface area contributed by atoms with E-state index in [-0.39, 0.29) is 10.6 Å². The monoisotopic (exact) mass is 302 g/mol. The zero-order valence-electron chi connectivity index (χ0n) is 11.9. The fourth-order valence-electron chi connectivity index (χ4n) is 2.56. The van der Waals surface area contributed by atoms with Crippen molar-refractivity contribution < 1.29 is 13.2 Å². The van der Waals surface area contributed by atoms with Crippen molar-refractivity contribution >= 4 is 10.0 Å². The van der Waals surface area contributed by atoms with E-state index < -0.39 is 10.0 Å². The predicted molar refractivity (Wildman–Crippen MR) is 74.9 cm³/mol. The molecule has 1 fully saturated rings. The molecule has 0 radical (unpaired) electrons. The highest BCUT2D eigenvalue weighted by Crippen LogP contribution is 2.20. The maximum Gasteiger partial charge on any atom is 0.257 e. The van der Waals surface area contributed by atoms with Gasteiger partial charge in [-0.1, -0.05) is 0 Å². The van der Waals surface area contributed by atoms with Crippen LogP contribution >= 0.6 is 0 Å². The second kappa shape index (κ2) is 6.21. The van der Waals surface area contributed by atoms with Gasteiger partial charge in [-0.15, -0.1) is 0 Å². The topological polar surface area (TPSA) is 85.2 Å². The third-order valence-corrected chi connectivity index (χ3v) is 5.03. The molecule has 2 heterocycles. The van der Waals surface area contributed by atoms with E-state index >= 15 is 0 Å². The van der Waals surface area contributed by atoms with Gasteiger partial charge in [0.25, 0.3) is 10.0 Å². The molecular formula is C12H22N4O3S. The number of hydrogen-bond acceptors (Lipinski definition) is 5. The molecule has 1 aliphatic rings. The minimum Gasteiger partial charge on any atom is -0.383 e. The van der Waals surface area contributed by atoms with E-state index in [4.69, 9.17) is 4.74 Å². The molecule has 0 amide bonds. The highest BCUT2D eigenvalue weighted by Gasteiger charge is 2.35. The average Bonchev–Trinajstić information content (AvgIpc) is 3.06. The zero-order valence-corrected chi connectivity index (χ0v) is 12.7. The number of hydrogen-bond donors (Lipinski definition) is 2. The van der Waals surface area contributed by atoms with Gasteiger partial charge >= 0.3 is 0 Å². The quantitative estimate of drug-likeness (QED) is 0.737. The molecule has 20 heavy (non-hydrogen) atoms. The number of methoxy groups -OCH3 is 1. The molecule has 1 saturated heterocycles. The van der Waals surface area contributed by atoms with Crippen LogP contribution in [-0.4, -0.2) is 50.5 Å². The molecule has 114 valence electrons. The number of ether oxygens (including phenoxy) is 1. The first-order valence-corrected chi connectivity index (χ1v) is 8.27. The molecule has 1 aliphatic heterocycles. The number of aryl methyl sites for hydroxylation is 1. The highest BCUT2D eigenvalue weighted by atomic mass is 32.2. The summed E-state index contributed by atoms with van der Waals surface area (Å²) in [5.74, 6) is 0. The van der Waals surface area contributed by atoms with Gasteiger partial charge in [0.05, 0.1) is 18.3 Å². The molecule has 0 aromatic carbocycles. The van der Waals surface area contributed by atoms with Gasteiger partial charge in [0, 0.05) is 20.2 Å². The lowest BCUT2D eigenvalue weighted by atomic mass is 9.99. The van der Waals surface area contributed by atoms with Crippen molar-refractivity contribution in [2.24, 2.45) is 0 Å². The first-order valence-electron chi connectivity index (χ1n) is 6.78. The fourth-order valence-corrected chi connectivity index (χ4v) is 3.87. The molecule has 8 heteroatoms. The maximum absolute atomic E-state index is 12.3. The molecule has 2 rings (SSSR count). The van der Waals surface area contributed by atoms with E-state index in [1.807, 2.05) is 6.92 Å². The number of rotatable bonds is 7. The normalized spacial score (nSPS) is 23.3. The van der Waals surface area contributed by atoms with E-state index in [1.54, 1.807) is 7.11 Å². The van der Waals surface area contributed by atoms with Crippen LogP contribution in [0.3, 0.4) is 0 Å². The average molecular weight is 302 g/mol. The van der Waals surface area contributed by atoms with Crippen LogP contribution in [0.15, 0.2) is 17.3 Å². The molecule has 2 N–H and O–H groups in total. The van der Waals surface area contributed by atoms with Gasteiger partial charge in [-0.2, -0.15) is 5.10 Å². The van der Waals surface area contributed by atoms with Crippen LogP contribution in [-0.2, 0) is 21.3 Å². The van der Waals surface area contributed by atoms with Crippen molar-refractivity contribution in [1.82, 2.24) is 19.8 Å². The fraction of sp³-hybridized carbons (Fsp3) is 0.750. The van der Waals surface area contributed by atoms with Crippen LogP contribution in [0.25, 0.3) is 0 Å². The molecule has 1 atom stereocenters. The molecule has 0 saturated carbocycles. The molecule has 0 spiro atoms. The molecule has 0 aliphatic carbocycles. The Morgan fingerprint density at radius 1 is 1.60 bits per heavy atom. The summed E-state index contributed by atoms with van der Waals surface area (Å²) in [5.41, 5.74) is -0.307. The maximum atomic E-state index is 12.3. The lowest BCUT2D eigenvalue weighted by molar-refractivity contribution is 0.122. The van der Waals surface area contributed by atoms with E-state index in [1.165, 1.54) is 16.9 Å². The molecule has 0 bridgehead atoms. The van der Waals surface area contributed by atoms with Crippen molar-refractivity contribution in [2.45, 2.75) is 36.9 Å². The van der Waals surface area contributed by atoms with Crippen LogP contribution in [0.2, 0.25) is 0 Å². The Labute approximate surface area is 119 Å². The third-order valence-electron chi connectivity index (χ3n) is 3.61. The Kier molecular flexibility index (Phi) is 4.79. The zero-order chi connectivity index (χ0) is 14.6. The van der Waals surface area contributed by atoms with Gasteiger partial charge in [-0.05, 0) is 32.4 Å². The predicted octanol–water partition coefficient (Wildman–Crippen LogP) is -0.0501. The van der Waals surface area contributed by atoms with Gasteiger partial charge < -0.3 is 10.1 Å². The minimum absolute atomic E-state index is 0.200. The summed E-state index contributed by atoms with van der Waals surface area (Å²) in [6.45, 7) is 4.07. The van der Waals surface area contributed by atoms with Crippen molar-refractivity contribution in [1.29, 1.82) is 0 Å². The summed E-state index contributed by atoms with van der Waals surface area (Å²) < 4.78 is 34.0. The highest BCUT2D eigenvalue weighted by molar-refractivity contribution is 7.89. The van der Waals surface area contributed by atoms with E-state index in [9.17, 15) is 8.42 Å². The van der Waals surface area contributed by atoms with Gasteiger partial charge in [0.15, 0.2) is 5.03 Å². The van der Waals surface area contributed by atoms with Crippen LogP contribution in [0.5, 0.6) is 0 Å². The number of nitrogens with zero attached hydrogens (tertiary/aromatic N) is 2. The third kappa shape index (κ3) is 3.20. The van der Waals surface area contributed by atoms with Crippen LogP contribution in [0, 0.1) is 0 Å². The van der Waals surface area contributed by atoms with Crippen LogP contribution in [0.4, 0.5) is 0 Å². The van der Waals surface area contributed by atoms with Crippen LogP contribution in [0.1, 0.15) is 19.8 Å². The van der Waals surface area contributed by atoms with Gasteiger partial charge in [0.2, 0.25) is 0 Å². The summed E-state index contributed by atoms with van der Waals surface area (Å²) in [6, 6.07) is 1.51. The summed E-state index contributed by atoms with van der Waals surface area (Å²) in [6.07, 6.45) is 3.42. The van der Waals surface area contributed by atoms with E-state index in [0.29, 0.717) is 19.7 Å². The standard InChI is InChI=1S/C12H22N4O3S/c1-3-16-11(5-8-14-16)20(17,18)15-9-12(10-19-2)6-4-7-13-12/h5,8,13,15H,3-4,6-7,9-10H2,1-2H3. The van der Waals surface area contributed by atoms with Crippen molar-refractivity contribution in [2.75, 3.05) is 26.8 Å². The van der Waals surface area contributed by atoms with Gasteiger partial charge in [-0.25, -0.2) is 13.1 Å². The van der Waals surface area contributed by atoms with Crippen molar-refractivity contribution in [3.8, 4) is 0 Å². The summed E-state index contributed by atoms with van der Waals surface area (Å²) in [5, 5.41) is 7.53. The lowest BCUT2D eigenvalue weighted by Crippen LogP contribution is -2.53. The summed E-state index contributed by atoms with van der Waals surface area (Å²) in [7, 11) is -1.92. The Morgan fingerprint density at radius 3 is 3.00 bits per heavy atom. The Bertz CT molecular complexity index is 535. The molecule has 7 nitrogen and oxygen atoms in total. The SMILES string of the molecule is CCn1nccc1S(=O)(=O)NCC1(COC)CCCN1. The number of aromatic nitrogens is 2. The Morgan fingerprint density at radius 2 is 2.40 bits per heavy atom. The van der Waals surface area contributed by atoms with Crippen molar-refractivity contribution in [3.05, 3.63) is 12.3 Å².